The van der Waals surface area contributed by atoms with E-state index in [4.69, 9.17) is 24.7 Å². The maximum absolute atomic E-state index is 13.0. The van der Waals surface area contributed by atoms with Gasteiger partial charge in [0.25, 0.3) is 0 Å². The molecule has 0 saturated heterocycles. The molecule has 0 heterocycles. The normalized spacial score (nSPS) is 11.6. The first kappa shape index (κ1) is 42.8. The third-order valence-corrected chi connectivity index (χ3v) is 10.9. The van der Waals surface area contributed by atoms with Crippen LogP contribution in [0.3, 0.4) is 0 Å². The Balaban J connectivity index is 0.836. The summed E-state index contributed by atoms with van der Waals surface area (Å²) in [4.78, 5) is 23.8. The van der Waals surface area contributed by atoms with Gasteiger partial charge in [-0.3, -0.25) is 0 Å². The van der Waals surface area contributed by atoms with Crippen LogP contribution in [0.25, 0.3) is 32.7 Å². The number of nitrogens with zero attached hydrogens (tertiary/aromatic N) is 6. The molecule has 0 radical (unpaired) electrons. The molecular weight excluding hydrogens is 821 g/mol. The maximum atomic E-state index is 13.0. The first-order valence-corrected chi connectivity index (χ1v) is 21.7. The number of aryl methyl sites for hydroxylation is 2. The van der Waals surface area contributed by atoms with Gasteiger partial charge in [-0.25, -0.2) is 4.79 Å². The predicted octanol–water partition coefficient (Wildman–Crippen LogP) is 16.9. The summed E-state index contributed by atoms with van der Waals surface area (Å²) in [6, 6.07) is 61.7. The molecule has 10 heteroatoms. The van der Waals surface area contributed by atoms with Crippen molar-refractivity contribution < 1.29 is 19.3 Å². The van der Waals surface area contributed by atoms with E-state index in [1.54, 1.807) is 36.4 Å². The van der Waals surface area contributed by atoms with Crippen molar-refractivity contribution in [1.82, 2.24) is 0 Å². The Labute approximate surface area is 382 Å². The van der Waals surface area contributed by atoms with Gasteiger partial charge in [0, 0.05) is 21.5 Å². The molecular formula is C56H44N6O4. The Morgan fingerprint density at radius 2 is 0.864 bits per heavy atom. The van der Waals surface area contributed by atoms with Gasteiger partial charge in [0.05, 0.1) is 39.7 Å². The molecule has 66 heavy (non-hydrogen) atoms. The molecule has 0 N–H and O–H groups in total. The number of carbonyl (C=O) groups is 1. The van der Waals surface area contributed by atoms with Gasteiger partial charge >= 0.3 is 5.97 Å². The fraction of sp³-hybridized carbons (Fsp3) is 0.0893. The number of azo groups is 3. The molecule has 0 saturated carbocycles. The van der Waals surface area contributed by atoms with Gasteiger partial charge in [-0.05, 0) is 121 Å². The lowest BCUT2D eigenvalue weighted by atomic mass is 10.0. The minimum absolute atomic E-state index is 0.294. The van der Waals surface area contributed by atoms with E-state index in [0.717, 1.165) is 56.6 Å². The molecule has 9 aromatic carbocycles. The highest BCUT2D eigenvalue weighted by molar-refractivity contribution is 6.01. The largest absolute Gasteiger partial charge is 0.423 e. The number of rotatable bonds is 15. The Morgan fingerprint density at radius 1 is 0.439 bits per heavy atom. The van der Waals surface area contributed by atoms with Crippen LogP contribution < -0.4 is 9.62 Å². The highest BCUT2D eigenvalue weighted by atomic mass is 17.2. The molecule has 0 bridgehead atoms. The van der Waals surface area contributed by atoms with Crippen LogP contribution >= 0.6 is 0 Å². The van der Waals surface area contributed by atoms with E-state index in [2.05, 4.69) is 51.6 Å². The van der Waals surface area contributed by atoms with Crippen molar-refractivity contribution in [1.29, 1.82) is 0 Å². The maximum Gasteiger partial charge on any atom is 0.343 e. The Morgan fingerprint density at radius 3 is 1.35 bits per heavy atom. The number of ether oxygens (including phenoxy) is 1. The number of fused-ring (bicyclic) bond motifs is 2. The quantitative estimate of drug-likeness (QED) is 0.0335. The monoisotopic (exact) mass is 864 g/mol. The summed E-state index contributed by atoms with van der Waals surface area (Å²) in [5.41, 5.74) is 10.1. The predicted molar refractivity (Wildman–Crippen MR) is 261 cm³/mol. The molecule has 322 valence electrons. The summed E-state index contributed by atoms with van der Waals surface area (Å²) in [6.07, 6.45) is 2.17. The highest BCUT2D eigenvalue weighted by Crippen LogP contribution is 2.38. The highest BCUT2D eigenvalue weighted by Gasteiger charge is 2.11. The lowest BCUT2D eigenvalue weighted by Gasteiger charge is -2.07. The fourth-order valence-corrected chi connectivity index (χ4v) is 7.33. The molecule has 10 nitrogen and oxygen atoms in total. The summed E-state index contributed by atoms with van der Waals surface area (Å²) in [5.74, 6) is 0.631. The van der Waals surface area contributed by atoms with E-state index in [0.29, 0.717) is 57.8 Å². The van der Waals surface area contributed by atoms with Crippen molar-refractivity contribution in [2.45, 2.75) is 33.3 Å². The minimum atomic E-state index is -0.434. The summed E-state index contributed by atoms with van der Waals surface area (Å²) in [6.45, 7) is 4.49. The summed E-state index contributed by atoms with van der Waals surface area (Å²) < 4.78 is 5.67. The number of hydrogen-bond acceptors (Lipinski definition) is 10. The number of esters is 1. The summed E-state index contributed by atoms with van der Waals surface area (Å²) >= 11 is 0. The number of hydrogen-bond donors (Lipinski definition) is 0. The second-order valence-electron chi connectivity index (χ2n) is 15.6. The van der Waals surface area contributed by atoms with Gasteiger partial charge in [0.1, 0.15) is 12.4 Å². The van der Waals surface area contributed by atoms with Crippen LogP contribution in [0, 0.1) is 6.92 Å². The average molecular weight is 865 g/mol. The van der Waals surface area contributed by atoms with Crippen molar-refractivity contribution in [3.8, 4) is 22.6 Å². The van der Waals surface area contributed by atoms with Gasteiger partial charge in [-0.1, -0.05) is 128 Å². The second kappa shape index (κ2) is 20.4. The lowest BCUT2D eigenvalue weighted by molar-refractivity contribution is -0.217. The Bertz CT molecular complexity index is 3200. The summed E-state index contributed by atoms with van der Waals surface area (Å²) in [7, 11) is 0. The van der Waals surface area contributed by atoms with Crippen LogP contribution in [0.2, 0.25) is 0 Å². The van der Waals surface area contributed by atoms with Crippen LogP contribution in [0.15, 0.2) is 225 Å². The van der Waals surface area contributed by atoms with E-state index in [1.807, 2.05) is 140 Å². The average Bonchev–Trinajstić information content (AvgIpc) is 3.36. The zero-order valence-electron chi connectivity index (χ0n) is 36.4. The fourth-order valence-electron chi connectivity index (χ4n) is 7.33. The van der Waals surface area contributed by atoms with E-state index in [1.165, 1.54) is 5.56 Å². The molecule has 9 aromatic rings. The zero-order chi connectivity index (χ0) is 45.1. The molecule has 0 atom stereocenters. The van der Waals surface area contributed by atoms with Gasteiger partial charge in [-0.2, -0.15) is 15.1 Å². The van der Waals surface area contributed by atoms with Crippen LogP contribution in [0.1, 0.15) is 40.4 Å². The molecule has 9 rings (SSSR count). The van der Waals surface area contributed by atoms with Gasteiger partial charge in [-0.15, -0.1) is 20.5 Å². The van der Waals surface area contributed by atoms with E-state index < -0.39 is 5.97 Å². The Kier molecular flexibility index (Phi) is 13.2. The van der Waals surface area contributed by atoms with Crippen LogP contribution in [-0.2, 0) is 17.9 Å². The molecule has 0 unspecified atom stereocenters. The van der Waals surface area contributed by atoms with E-state index in [-0.39, 0.29) is 0 Å². The molecule has 0 amide bonds. The van der Waals surface area contributed by atoms with Crippen molar-refractivity contribution in [2.24, 2.45) is 30.7 Å². The molecule has 0 spiro atoms. The van der Waals surface area contributed by atoms with Crippen molar-refractivity contribution in [3.63, 3.8) is 0 Å². The SMILES string of the molecule is CCCc1ccc(-c2ccc(C(=O)Oc3ccc(N=Nc4ccc(N=Nc5ccc(N=Nc6ccc(COOc7ccc(C)cc7)cc6)c6ccccc56)c5ccccc45)cc3)cc2)cc1. The Hall–Kier alpha value is -8.47. The van der Waals surface area contributed by atoms with Gasteiger partial charge in [0.15, 0.2) is 5.75 Å². The number of benzene rings is 9. The first-order valence-electron chi connectivity index (χ1n) is 21.7. The lowest BCUT2D eigenvalue weighted by Crippen LogP contribution is -2.08. The second-order valence-corrected chi connectivity index (χ2v) is 15.6. The first-order chi connectivity index (χ1) is 32.5. The van der Waals surface area contributed by atoms with Crippen molar-refractivity contribution >= 4 is 61.6 Å². The third kappa shape index (κ3) is 10.5. The topological polar surface area (TPSA) is 119 Å². The van der Waals surface area contributed by atoms with Crippen LogP contribution in [0.5, 0.6) is 11.5 Å². The van der Waals surface area contributed by atoms with E-state index >= 15 is 0 Å². The van der Waals surface area contributed by atoms with Crippen molar-refractivity contribution in [2.75, 3.05) is 0 Å². The van der Waals surface area contributed by atoms with E-state index in [9.17, 15) is 4.79 Å². The standard InChI is InChI=1S/C56H44N6O4/c1-3-8-39-15-19-41(20-16-39)42-21-23-43(24-22-42)56(63)65-46-31-27-45(28-32-46)58-60-53-34-36-55(51-12-7-5-10-49(51)53)62-61-54-35-33-52(48-9-4-6-11-50(48)54)59-57-44-25-17-40(18-26-44)37-64-66-47-29-13-38(2)14-30-47/h4-7,9-36H,3,8,37H2,1-2H3. The molecule has 0 aliphatic heterocycles. The number of carbonyl (C=O) groups excluding carboxylic acids is 1. The molecule has 0 fully saturated rings. The third-order valence-electron chi connectivity index (χ3n) is 10.9. The molecule has 0 aliphatic rings. The molecule has 0 aliphatic carbocycles. The van der Waals surface area contributed by atoms with Crippen LogP contribution in [0.4, 0.5) is 34.1 Å². The summed E-state index contributed by atoms with van der Waals surface area (Å²) in [5, 5.41) is 31.1. The van der Waals surface area contributed by atoms with Crippen LogP contribution in [-0.4, -0.2) is 5.97 Å². The smallest absolute Gasteiger partial charge is 0.343 e. The van der Waals surface area contributed by atoms with Gasteiger partial charge in [0.2, 0.25) is 0 Å². The van der Waals surface area contributed by atoms with Crippen molar-refractivity contribution in [3.05, 3.63) is 216 Å². The minimum Gasteiger partial charge on any atom is -0.423 e. The van der Waals surface area contributed by atoms with Gasteiger partial charge < -0.3 is 9.62 Å². The zero-order valence-corrected chi connectivity index (χ0v) is 36.4. The molecule has 0 aromatic heterocycles.